The Labute approximate surface area is 118 Å². The molecule has 1 aliphatic rings. The maximum atomic E-state index is 11.1. The molecule has 1 aromatic rings. The van der Waals surface area contributed by atoms with Crippen LogP contribution in [0.15, 0.2) is 18.2 Å². The molecule has 0 unspecified atom stereocenters. The SMILES string of the molecule is CNCC1CCN(c2ccc(C(N)=O)c(Cl)c2)CC1. The van der Waals surface area contributed by atoms with Gasteiger partial charge in [-0.05, 0) is 50.6 Å². The molecule has 0 bridgehead atoms. The Hall–Kier alpha value is -1.26. The summed E-state index contributed by atoms with van der Waals surface area (Å²) in [5.74, 6) is 0.269. The number of benzene rings is 1. The number of halogens is 1. The number of carbonyl (C=O) groups excluding carboxylic acids is 1. The van der Waals surface area contributed by atoms with E-state index < -0.39 is 5.91 Å². The van der Waals surface area contributed by atoms with Crippen LogP contribution in [0.1, 0.15) is 23.2 Å². The Balaban J connectivity index is 2.04. The van der Waals surface area contributed by atoms with Crippen LogP contribution in [0.3, 0.4) is 0 Å². The molecule has 1 amide bonds. The van der Waals surface area contributed by atoms with E-state index in [1.54, 1.807) is 6.07 Å². The third-order valence-electron chi connectivity index (χ3n) is 3.69. The minimum Gasteiger partial charge on any atom is -0.371 e. The zero-order valence-corrected chi connectivity index (χ0v) is 11.9. The number of hydrogen-bond acceptors (Lipinski definition) is 3. The summed E-state index contributed by atoms with van der Waals surface area (Å²) >= 11 is 6.08. The zero-order chi connectivity index (χ0) is 13.8. The fourth-order valence-corrected chi connectivity index (χ4v) is 2.85. The van der Waals surface area contributed by atoms with Crippen molar-refractivity contribution in [1.29, 1.82) is 0 Å². The van der Waals surface area contributed by atoms with Gasteiger partial charge in [0.15, 0.2) is 0 Å². The molecule has 0 aliphatic carbocycles. The Morgan fingerprint density at radius 1 is 1.47 bits per heavy atom. The lowest BCUT2D eigenvalue weighted by Crippen LogP contribution is -2.36. The fourth-order valence-electron chi connectivity index (χ4n) is 2.58. The fraction of sp³-hybridized carbons (Fsp3) is 0.500. The molecule has 0 radical (unpaired) electrons. The van der Waals surface area contributed by atoms with Gasteiger partial charge >= 0.3 is 0 Å². The monoisotopic (exact) mass is 281 g/mol. The number of amides is 1. The molecule has 1 aliphatic heterocycles. The minimum atomic E-state index is -0.482. The average molecular weight is 282 g/mol. The number of nitrogens with two attached hydrogens (primary N) is 1. The second kappa shape index (κ2) is 6.26. The van der Waals surface area contributed by atoms with E-state index in [0.29, 0.717) is 10.6 Å². The highest BCUT2D eigenvalue weighted by Crippen LogP contribution is 2.27. The second-order valence-electron chi connectivity index (χ2n) is 5.02. The molecule has 2 rings (SSSR count). The number of primary amides is 1. The van der Waals surface area contributed by atoms with Gasteiger partial charge in [0, 0.05) is 18.8 Å². The van der Waals surface area contributed by atoms with Crippen molar-refractivity contribution >= 4 is 23.2 Å². The predicted octanol–water partition coefficient (Wildman–Crippen LogP) is 1.87. The van der Waals surface area contributed by atoms with E-state index in [0.717, 1.165) is 31.2 Å². The molecule has 1 saturated heterocycles. The number of nitrogens with zero attached hydrogens (tertiary/aromatic N) is 1. The van der Waals surface area contributed by atoms with Crippen molar-refractivity contribution in [1.82, 2.24) is 5.32 Å². The van der Waals surface area contributed by atoms with Gasteiger partial charge in [-0.15, -0.1) is 0 Å². The number of nitrogens with one attached hydrogen (secondary N) is 1. The number of hydrogen-bond donors (Lipinski definition) is 2. The molecule has 3 N–H and O–H groups in total. The molecule has 5 heteroatoms. The average Bonchev–Trinajstić information content (AvgIpc) is 2.39. The van der Waals surface area contributed by atoms with Crippen molar-refractivity contribution in [3.63, 3.8) is 0 Å². The highest BCUT2D eigenvalue weighted by molar-refractivity contribution is 6.34. The number of piperidine rings is 1. The summed E-state index contributed by atoms with van der Waals surface area (Å²) < 4.78 is 0. The highest BCUT2D eigenvalue weighted by Gasteiger charge is 2.19. The maximum Gasteiger partial charge on any atom is 0.250 e. The number of anilines is 1. The maximum absolute atomic E-state index is 11.1. The van der Waals surface area contributed by atoms with Gasteiger partial charge in [0.05, 0.1) is 10.6 Å². The van der Waals surface area contributed by atoms with Gasteiger partial charge in [-0.2, -0.15) is 0 Å². The Morgan fingerprint density at radius 3 is 2.68 bits per heavy atom. The number of rotatable bonds is 4. The van der Waals surface area contributed by atoms with E-state index in [-0.39, 0.29) is 0 Å². The van der Waals surface area contributed by atoms with E-state index >= 15 is 0 Å². The molecule has 0 aromatic heterocycles. The lowest BCUT2D eigenvalue weighted by atomic mass is 9.96. The van der Waals surface area contributed by atoms with E-state index in [4.69, 9.17) is 17.3 Å². The van der Waals surface area contributed by atoms with Crippen molar-refractivity contribution in [2.24, 2.45) is 11.7 Å². The third-order valence-corrected chi connectivity index (χ3v) is 4.00. The van der Waals surface area contributed by atoms with Crippen LogP contribution in [-0.4, -0.2) is 32.6 Å². The molecule has 0 saturated carbocycles. The molecule has 4 nitrogen and oxygen atoms in total. The molecular weight excluding hydrogens is 262 g/mol. The van der Waals surface area contributed by atoms with Crippen molar-refractivity contribution in [2.75, 3.05) is 31.6 Å². The summed E-state index contributed by atoms with van der Waals surface area (Å²) in [6, 6.07) is 5.46. The summed E-state index contributed by atoms with van der Waals surface area (Å²) in [4.78, 5) is 13.4. The van der Waals surface area contributed by atoms with Crippen molar-refractivity contribution in [3.05, 3.63) is 28.8 Å². The first-order chi connectivity index (χ1) is 9.11. The molecule has 1 heterocycles. The zero-order valence-electron chi connectivity index (χ0n) is 11.2. The first-order valence-electron chi connectivity index (χ1n) is 6.60. The molecular formula is C14H20ClN3O. The normalized spacial score (nSPS) is 16.6. The third kappa shape index (κ3) is 3.39. The van der Waals surface area contributed by atoms with E-state index in [1.807, 2.05) is 19.2 Å². The summed E-state index contributed by atoms with van der Waals surface area (Å²) in [5, 5.41) is 3.66. The minimum absolute atomic E-state index is 0.385. The standard InChI is InChI=1S/C14H20ClN3O/c1-17-9-10-4-6-18(7-5-10)11-2-3-12(14(16)19)13(15)8-11/h2-3,8,10,17H,4-7,9H2,1H3,(H2,16,19). The summed E-state index contributed by atoms with van der Waals surface area (Å²) in [6.45, 7) is 3.13. The van der Waals surface area contributed by atoms with Crippen LogP contribution in [0, 0.1) is 5.92 Å². The summed E-state index contributed by atoms with van der Waals surface area (Å²) in [6.07, 6.45) is 2.35. The van der Waals surface area contributed by atoms with Crippen LogP contribution in [0.4, 0.5) is 5.69 Å². The van der Waals surface area contributed by atoms with Crippen molar-refractivity contribution < 1.29 is 4.79 Å². The van der Waals surface area contributed by atoms with Gasteiger partial charge < -0.3 is 16.0 Å². The second-order valence-corrected chi connectivity index (χ2v) is 5.42. The lowest BCUT2D eigenvalue weighted by molar-refractivity contribution is 0.100. The largest absolute Gasteiger partial charge is 0.371 e. The quantitative estimate of drug-likeness (QED) is 0.886. The summed E-state index contributed by atoms with van der Waals surface area (Å²) in [5.41, 5.74) is 6.70. The van der Waals surface area contributed by atoms with E-state index in [2.05, 4.69) is 10.2 Å². The van der Waals surface area contributed by atoms with E-state index in [1.165, 1.54) is 12.8 Å². The van der Waals surface area contributed by atoms with Crippen LogP contribution in [-0.2, 0) is 0 Å². The molecule has 104 valence electrons. The first kappa shape index (κ1) is 14.2. The predicted molar refractivity (Wildman–Crippen MR) is 78.8 cm³/mol. The lowest BCUT2D eigenvalue weighted by Gasteiger charge is -2.33. The topological polar surface area (TPSA) is 58.4 Å². The van der Waals surface area contributed by atoms with Crippen LogP contribution in [0.25, 0.3) is 0 Å². The Bertz CT molecular complexity index is 456. The smallest absolute Gasteiger partial charge is 0.250 e. The molecule has 19 heavy (non-hydrogen) atoms. The van der Waals surface area contributed by atoms with Gasteiger partial charge in [0.25, 0.3) is 0 Å². The van der Waals surface area contributed by atoms with Gasteiger partial charge in [0.2, 0.25) is 5.91 Å². The van der Waals surface area contributed by atoms with Crippen molar-refractivity contribution in [2.45, 2.75) is 12.8 Å². The van der Waals surface area contributed by atoms with Gasteiger partial charge in [-0.25, -0.2) is 0 Å². The van der Waals surface area contributed by atoms with Crippen LogP contribution < -0.4 is 16.0 Å². The molecule has 1 fully saturated rings. The highest BCUT2D eigenvalue weighted by atomic mass is 35.5. The van der Waals surface area contributed by atoms with Crippen LogP contribution in [0.2, 0.25) is 5.02 Å². The Morgan fingerprint density at radius 2 is 2.16 bits per heavy atom. The first-order valence-corrected chi connectivity index (χ1v) is 6.98. The Kier molecular flexibility index (Phi) is 4.66. The van der Waals surface area contributed by atoms with Gasteiger partial charge in [-0.1, -0.05) is 11.6 Å². The summed E-state index contributed by atoms with van der Waals surface area (Å²) in [7, 11) is 1.99. The van der Waals surface area contributed by atoms with Crippen LogP contribution in [0.5, 0.6) is 0 Å². The van der Waals surface area contributed by atoms with E-state index in [9.17, 15) is 4.79 Å². The number of carbonyl (C=O) groups is 1. The molecule has 0 atom stereocenters. The van der Waals surface area contributed by atoms with Gasteiger partial charge in [-0.3, -0.25) is 4.79 Å². The van der Waals surface area contributed by atoms with Crippen LogP contribution >= 0.6 is 11.6 Å². The molecule has 1 aromatic carbocycles. The van der Waals surface area contributed by atoms with Gasteiger partial charge in [0.1, 0.15) is 0 Å². The van der Waals surface area contributed by atoms with Crippen molar-refractivity contribution in [3.8, 4) is 0 Å². The molecule has 0 spiro atoms.